The lowest BCUT2D eigenvalue weighted by Crippen LogP contribution is -2.24. The molecule has 4 nitrogen and oxygen atoms in total. The van der Waals surface area contributed by atoms with Gasteiger partial charge in [-0.15, -0.1) is 0 Å². The minimum atomic E-state index is 0.612. The number of para-hydroxylation sites is 1. The maximum absolute atomic E-state index is 9.25. The summed E-state index contributed by atoms with van der Waals surface area (Å²) in [6, 6.07) is 10.8. The number of benzene rings is 1. The van der Waals surface area contributed by atoms with Crippen LogP contribution >= 0.6 is 0 Å². The summed E-state index contributed by atoms with van der Waals surface area (Å²) in [5.74, 6) is 0. The summed E-state index contributed by atoms with van der Waals surface area (Å²) in [6.45, 7) is 2.01. The van der Waals surface area contributed by atoms with Crippen LogP contribution in [0.25, 0.3) is 10.9 Å². The van der Waals surface area contributed by atoms with Gasteiger partial charge in [0.25, 0.3) is 0 Å². The third-order valence-corrected chi connectivity index (χ3v) is 3.85. The monoisotopic (exact) mass is 266 g/mol. The average Bonchev–Trinajstić information content (AvgIpc) is 3.00. The first-order valence-corrected chi connectivity index (χ1v) is 7.13. The van der Waals surface area contributed by atoms with Gasteiger partial charge >= 0.3 is 0 Å². The second kappa shape index (κ2) is 5.89. The molecule has 4 heteroatoms. The molecule has 2 N–H and O–H groups in total. The minimum Gasteiger partial charge on any atom is -0.383 e. The quantitative estimate of drug-likeness (QED) is 0.893. The molecule has 0 amide bonds. The van der Waals surface area contributed by atoms with Crippen LogP contribution in [0.2, 0.25) is 0 Å². The third-order valence-electron chi connectivity index (χ3n) is 3.85. The van der Waals surface area contributed by atoms with Crippen LogP contribution in [-0.2, 0) is 0 Å². The van der Waals surface area contributed by atoms with Crippen LogP contribution in [0.1, 0.15) is 24.8 Å². The van der Waals surface area contributed by atoms with Crippen molar-refractivity contribution in [2.45, 2.75) is 25.3 Å². The fourth-order valence-corrected chi connectivity index (χ4v) is 2.79. The van der Waals surface area contributed by atoms with Crippen molar-refractivity contribution in [2.24, 2.45) is 0 Å². The molecule has 1 saturated heterocycles. The van der Waals surface area contributed by atoms with Gasteiger partial charge in [-0.05, 0) is 31.9 Å². The SMILES string of the molecule is N#Cc1cnc2ccccc2c1NCC[C@@H]1CCCN1. The number of nitriles is 1. The van der Waals surface area contributed by atoms with Gasteiger partial charge in [0.05, 0.1) is 16.8 Å². The van der Waals surface area contributed by atoms with E-state index in [1.807, 2.05) is 24.3 Å². The summed E-state index contributed by atoms with van der Waals surface area (Å²) in [6.07, 6.45) is 5.26. The van der Waals surface area contributed by atoms with Crippen LogP contribution < -0.4 is 10.6 Å². The van der Waals surface area contributed by atoms with Crippen molar-refractivity contribution in [3.8, 4) is 6.07 Å². The molecule has 0 aliphatic carbocycles. The maximum Gasteiger partial charge on any atom is 0.103 e. The molecule has 0 spiro atoms. The Morgan fingerprint density at radius 1 is 1.40 bits per heavy atom. The molecule has 0 bridgehead atoms. The van der Waals surface area contributed by atoms with E-state index in [1.54, 1.807) is 6.20 Å². The van der Waals surface area contributed by atoms with Gasteiger partial charge in [0.15, 0.2) is 0 Å². The largest absolute Gasteiger partial charge is 0.383 e. The molecular weight excluding hydrogens is 248 g/mol. The van der Waals surface area contributed by atoms with Crippen molar-refractivity contribution in [1.29, 1.82) is 5.26 Å². The van der Waals surface area contributed by atoms with E-state index < -0.39 is 0 Å². The van der Waals surface area contributed by atoms with Gasteiger partial charge in [-0.2, -0.15) is 5.26 Å². The Hall–Kier alpha value is -2.12. The van der Waals surface area contributed by atoms with Crippen molar-refractivity contribution in [3.05, 3.63) is 36.0 Å². The van der Waals surface area contributed by atoms with Gasteiger partial charge in [-0.1, -0.05) is 18.2 Å². The van der Waals surface area contributed by atoms with E-state index >= 15 is 0 Å². The summed E-state index contributed by atoms with van der Waals surface area (Å²) < 4.78 is 0. The van der Waals surface area contributed by atoms with Crippen molar-refractivity contribution >= 4 is 16.6 Å². The number of hydrogen-bond donors (Lipinski definition) is 2. The minimum absolute atomic E-state index is 0.612. The first-order valence-electron chi connectivity index (χ1n) is 7.13. The Balaban J connectivity index is 1.79. The van der Waals surface area contributed by atoms with E-state index in [-0.39, 0.29) is 0 Å². The van der Waals surface area contributed by atoms with Crippen molar-refractivity contribution in [3.63, 3.8) is 0 Å². The van der Waals surface area contributed by atoms with Crippen molar-refractivity contribution in [1.82, 2.24) is 10.3 Å². The van der Waals surface area contributed by atoms with Crippen LogP contribution in [0.15, 0.2) is 30.5 Å². The highest BCUT2D eigenvalue weighted by atomic mass is 15.0. The van der Waals surface area contributed by atoms with Gasteiger partial charge in [0.1, 0.15) is 6.07 Å². The Kier molecular flexibility index (Phi) is 3.80. The van der Waals surface area contributed by atoms with E-state index in [2.05, 4.69) is 21.7 Å². The average molecular weight is 266 g/mol. The molecule has 2 aromatic rings. The number of pyridine rings is 1. The molecule has 1 atom stereocenters. The van der Waals surface area contributed by atoms with Crippen LogP contribution in [-0.4, -0.2) is 24.1 Å². The fraction of sp³-hybridized carbons (Fsp3) is 0.375. The standard InChI is InChI=1S/C16H18N4/c17-10-12-11-20-15-6-2-1-5-14(15)16(12)19-9-7-13-4-3-8-18-13/h1-2,5-6,11,13,18H,3-4,7-9H2,(H,19,20)/t13-/m0/s1. The number of fused-ring (bicyclic) bond motifs is 1. The van der Waals surface area contributed by atoms with Gasteiger partial charge in [-0.3, -0.25) is 4.98 Å². The van der Waals surface area contributed by atoms with Gasteiger partial charge in [0.2, 0.25) is 0 Å². The number of hydrogen-bond acceptors (Lipinski definition) is 4. The lowest BCUT2D eigenvalue weighted by Gasteiger charge is -2.14. The normalized spacial score (nSPS) is 18.1. The summed E-state index contributed by atoms with van der Waals surface area (Å²) in [7, 11) is 0. The highest BCUT2D eigenvalue weighted by Crippen LogP contribution is 2.25. The van der Waals surface area contributed by atoms with Crippen LogP contribution in [0.5, 0.6) is 0 Å². The summed E-state index contributed by atoms with van der Waals surface area (Å²) >= 11 is 0. The van der Waals surface area contributed by atoms with E-state index in [1.165, 1.54) is 12.8 Å². The smallest absolute Gasteiger partial charge is 0.103 e. The number of nitrogens with one attached hydrogen (secondary N) is 2. The fourth-order valence-electron chi connectivity index (χ4n) is 2.79. The van der Waals surface area contributed by atoms with E-state index in [0.717, 1.165) is 36.1 Å². The zero-order valence-corrected chi connectivity index (χ0v) is 11.4. The van der Waals surface area contributed by atoms with Crippen molar-refractivity contribution < 1.29 is 0 Å². The first-order chi connectivity index (χ1) is 9.88. The topological polar surface area (TPSA) is 60.7 Å². The third kappa shape index (κ3) is 2.59. The lowest BCUT2D eigenvalue weighted by molar-refractivity contribution is 0.574. The number of nitrogens with zero attached hydrogens (tertiary/aromatic N) is 2. The number of anilines is 1. The molecule has 0 radical (unpaired) electrons. The highest BCUT2D eigenvalue weighted by Gasteiger charge is 2.14. The molecule has 1 fully saturated rings. The Labute approximate surface area is 118 Å². The number of aromatic nitrogens is 1. The highest BCUT2D eigenvalue weighted by molar-refractivity contribution is 5.93. The van der Waals surface area contributed by atoms with E-state index in [9.17, 15) is 5.26 Å². The zero-order valence-electron chi connectivity index (χ0n) is 11.4. The predicted molar refractivity (Wildman–Crippen MR) is 80.6 cm³/mol. The van der Waals surface area contributed by atoms with E-state index in [4.69, 9.17) is 0 Å². The summed E-state index contributed by atoms with van der Waals surface area (Å²) in [5.41, 5.74) is 2.45. The molecule has 1 aliphatic heterocycles. The molecule has 3 rings (SSSR count). The molecule has 20 heavy (non-hydrogen) atoms. The summed E-state index contributed by atoms with van der Waals surface area (Å²) in [4.78, 5) is 4.32. The van der Waals surface area contributed by atoms with Gasteiger partial charge in [0, 0.05) is 24.2 Å². The van der Waals surface area contributed by atoms with Crippen LogP contribution in [0, 0.1) is 11.3 Å². The van der Waals surface area contributed by atoms with Gasteiger partial charge < -0.3 is 10.6 Å². The van der Waals surface area contributed by atoms with Crippen LogP contribution in [0.4, 0.5) is 5.69 Å². The van der Waals surface area contributed by atoms with Crippen LogP contribution in [0.3, 0.4) is 0 Å². The summed E-state index contributed by atoms with van der Waals surface area (Å²) in [5, 5.41) is 17.2. The Bertz CT molecular complexity index is 638. The molecule has 102 valence electrons. The molecule has 0 saturated carbocycles. The molecule has 1 aromatic carbocycles. The molecule has 1 aromatic heterocycles. The molecule has 2 heterocycles. The number of rotatable bonds is 4. The maximum atomic E-state index is 9.25. The Morgan fingerprint density at radius 2 is 2.30 bits per heavy atom. The molecule has 0 unspecified atom stereocenters. The molecular formula is C16H18N4. The molecule has 1 aliphatic rings. The van der Waals surface area contributed by atoms with E-state index in [0.29, 0.717) is 11.6 Å². The Morgan fingerprint density at radius 3 is 3.10 bits per heavy atom. The second-order valence-electron chi connectivity index (χ2n) is 5.18. The predicted octanol–water partition coefficient (Wildman–Crippen LogP) is 2.66. The van der Waals surface area contributed by atoms with Gasteiger partial charge in [-0.25, -0.2) is 0 Å². The second-order valence-corrected chi connectivity index (χ2v) is 5.18. The lowest BCUT2D eigenvalue weighted by atomic mass is 10.1. The van der Waals surface area contributed by atoms with Crippen molar-refractivity contribution in [2.75, 3.05) is 18.4 Å². The first kappa shape index (κ1) is 12.9. The zero-order chi connectivity index (χ0) is 13.8.